The molecule has 1 N–H and O–H groups in total. The molecule has 3 aromatic rings. The highest BCUT2D eigenvalue weighted by molar-refractivity contribution is 5.71. The number of imidazole rings is 1. The van der Waals surface area contributed by atoms with E-state index >= 15 is 0 Å². The van der Waals surface area contributed by atoms with Crippen molar-refractivity contribution in [3.63, 3.8) is 0 Å². The monoisotopic (exact) mass is 265 g/mol. The van der Waals surface area contributed by atoms with Crippen molar-refractivity contribution in [3.8, 4) is 0 Å². The summed E-state index contributed by atoms with van der Waals surface area (Å²) in [6.45, 7) is 3.31. The van der Waals surface area contributed by atoms with Gasteiger partial charge in [0.1, 0.15) is 0 Å². The van der Waals surface area contributed by atoms with Crippen LogP contribution in [0.25, 0.3) is 11.0 Å². The number of nitrogens with one attached hydrogen (secondary N) is 1. The van der Waals surface area contributed by atoms with E-state index in [4.69, 9.17) is 0 Å². The molecule has 0 bridgehead atoms. The molecule has 0 spiro atoms. The second-order valence-corrected chi connectivity index (χ2v) is 5.23. The molecule has 1 aromatic heterocycles. The lowest BCUT2D eigenvalue weighted by Gasteiger charge is -2.01. The van der Waals surface area contributed by atoms with Crippen LogP contribution in [0.1, 0.15) is 24.7 Å². The van der Waals surface area contributed by atoms with Crippen molar-refractivity contribution in [3.05, 3.63) is 66.0 Å². The molecule has 2 aromatic carbocycles. The Morgan fingerprint density at radius 3 is 2.45 bits per heavy atom. The summed E-state index contributed by atoms with van der Waals surface area (Å²) in [5.74, 6) is 1.33. The molecular weight excluding hydrogens is 244 g/mol. The van der Waals surface area contributed by atoms with E-state index in [9.17, 15) is 0 Å². The number of para-hydroxylation sites is 2. The zero-order valence-electron chi connectivity index (χ0n) is 12.0. The van der Waals surface area contributed by atoms with Gasteiger partial charge in [0.25, 0.3) is 5.82 Å². The number of hydrogen-bond donors (Lipinski definition) is 1. The first-order valence-corrected chi connectivity index (χ1v) is 7.42. The second kappa shape index (κ2) is 5.91. The van der Waals surface area contributed by atoms with E-state index in [1.807, 2.05) is 0 Å². The molecule has 1 heterocycles. The summed E-state index contributed by atoms with van der Waals surface area (Å²) in [6.07, 6.45) is 3.29. The SMILES string of the molecule is CCC[n+]1c(CCc2ccccc2)[nH]c2ccccc21. The zero-order valence-corrected chi connectivity index (χ0v) is 12.0. The summed E-state index contributed by atoms with van der Waals surface area (Å²) < 4.78 is 2.43. The molecule has 0 aliphatic heterocycles. The van der Waals surface area contributed by atoms with E-state index in [2.05, 4.69) is 71.1 Å². The summed E-state index contributed by atoms with van der Waals surface area (Å²) in [4.78, 5) is 3.58. The van der Waals surface area contributed by atoms with Gasteiger partial charge in [0.05, 0.1) is 13.0 Å². The first-order valence-electron chi connectivity index (χ1n) is 7.42. The number of fused-ring (bicyclic) bond motifs is 1. The molecule has 2 nitrogen and oxygen atoms in total. The van der Waals surface area contributed by atoms with Crippen molar-refractivity contribution >= 4 is 11.0 Å². The van der Waals surface area contributed by atoms with Crippen molar-refractivity contribution in [1.82, 2.24) is 4.98 Å². The van der Waals surface area contributed by atoms with Gasteiger partial charge in [0.15, 0.2) is 11.0 Å². The topological polar surface area (TPSA) is 19.7 Å². The minimum Gasteiger partial charge on any atom is -0.241 e. The van der Waals surface area contributed by atoms with Crippen LogP contribution in [0.2, 0.25) is 0 Å². The Kier molecular flexibility index (Phi) is 3.82. The summed E-state index contributed by atoms with van der Waals surface area (Å²) in [5.41, 5.74) is 3.95. The lowest BCUT2D eigenvalue weighted by atomic mass is 10.1. The molecule has 0 radical (unpaired) electrons. The first kappa shape index (κ1) is 12.9. The normalized spacial score (nSPS) is 11.1. The standard InChI is InChI=1S/C18H20N2/c1-2-14-20-17-11-7-6-10-16(17)19-18(20)13-12-15-8-4-3-5-9-15/h3-11H,2,12-14H2,1H3/p+1. The average molecular weight is 265 g/mol. The predicted octanol–water partition coefficient (Wildman–Crippen LogP) is 3.65. The van der Waals surface area contributed by atoms with Gasteiger partial charge in [-0.3, -0.25) is 0 Å². The van der Waals surface area contributed by atoms with E-state index < -0.39 is 0 Å². The largest absolute Gasteiger partial charge is 0.255 e. The fourth-order valence-electron chi connectivity index (χ4n) is 2.77. The molecule has 2 heteroatoms. The van der Waals surface area contributed by atoms with E-state index in [-0.39, 0.29) is 0 Å². The maximum Gasteiger partial charge on any atom is 0.255 e. The van der Waals surface area contributed by atoms with E-state index in [1.54, 1.807) is 0 Å². The Balaban J connectivity index is 1.88. The van der Waals surface area contributed by atoms with Gasteiger partial charge in [-0.05, 0) is 30.5 Å². The number of H-pyrrole nitrogens is 1. The van der Waals surface area contributed by atoms with Crippen LogP contribution < -0.4 is 4.57 Å². The number of aromatic nitrogens is 2. The number of benzene rings is 2. The van der Waals surface area contributed by atoms with Crippen LogP contribution in [0, 0.1) is 0 Å². The highest BCUT2D eigenvalue weighted by Gasteiger charge is 2.16. The summed E-state index contributed by atoms with van der Waals surface area (Å²) in [6, 6.07) is 19.3. The van der Waals surface area contributed by atoms with Crippen molar-refractivity contribution in [1.29, 1.82) is 0 Å². The van der Waals surface area contributed by atoms with Gasteiger partial charge >= 0.3 is 0 Å². The third-order valence-corrected chi connectivity index (χ3v) is 3.74. The lowest BCUT2D eigenvalue weighted by molar-refractivity contribution is -0.678. The van der Waals surface area contributed by atoms with E-state index in [0.29, 0.717) is 0 Å². The zero-order chi connectivity index (χ0) is 13.8. The highest BCUT2D eigenvalue weighted by atomic mass is 15.1. The molecule has 0 fully saturated rings. The van der Waals surface area contributed by atoms with Crippen LogP contribution in [0.15, 0.2) is 54.6 Å². The van der Waals surface area contributed by atoms with Crippen molar-refractivity contribution in [2.75, 3.05) is 0 Å². The molecule has 0 saturated carbocycles. The summed E-state index contributed by atoms with van der Waals surface area (Å²) in [7, 11) is 0. The molecule has 3 rings (SSSR count). The van der Waals surface area contributed by atoms with Crippen LogP contribution in [-0.2, 0) is 19.4 Å². The summed E-state index contributed by atoms with van der Waals surface area (Å²) in [5, 5.41) is 0. The predicted molar refractivity (Wildman–Crippen MR) is 82.6 cm³/mol. The molecule has 0 amide bonds. The van der Waals surface area contributed by atoms with Gasteiger partial charge in [0.2, 0.25) is 0 Å². The molecular formula is C18H21N2+. The smallest absolute Gasteiger partial charge is 0.241 e. The van der Waals surface area contributed by atoms with Crippen LogP contribution in [0.3, 0.4) is 0 Å². The molecule has 102 valence electrons. The van der Waals surface area contributed by atoms with Gasteiger partial charge in [-0.1, -0.05) is 49.4 Å². The fraction of sp³-hybridized carbons (Fsp3) is 0.278. The number of rotatable bonds is 5. The minimum atomic E-state index is 1.05. The summed E-state index contributed by atoms with van der Waals surface area (Å²) >= 11 is 0. The molecule has 0 atom stereocenters. The number of aryl methyl sites for hydroxylation is 3. The Hall–Kier alpha value is -2.09. The van der Waals surface area contributed by atoms with Gasteiger partial charge in [0, 0.05) is 0 Å². The Morgan fingerprint density at radius 1 is 0.900 bits per heavy atom. The van der Waals surface area contributed by atoms with Crippen LogP contribution in [0.4, 0.5) is 0 Å². The number of nitrogens with zero attached hydrogens (tertiary/aromatic N) is 1. The van der Waals surface area contributed by atoms with Gasteiger partial charge in [-0.25, -0.2) is 9.55 Å². The average Bonchev–Trinajstić information content (AvgIpc) is 2.85. The highest BCUT2D eigenvalue weighted by Crippen LogP contribution is 2.11. The van der Waals surface area contributed by atoms with Gasteiger partial charge in [-0.2, -0.15) is 0 Å². The third kappa shape index (κ3) is 2.60. The molecule has 20 heavy (non-hydrogen) atoms. The molecule has 0 unspecified atom stereocenters. The maximum atomic E-state index is 3.58. The molecule has 0 saturated heterocycles. The molecule has 0 aliphatic rings. The van der Waals surface area contributed by atoms with Crippen LogP contribution in [0.5, 0.6) is 0 Å². The van der Waals surface area contributed by atoms with Crippen molar-refractivity contribution in [2.45, 2.75) is 32.7 Å². The van der Waals surface area contributed by atoms with Gasteiger partial charge in [-0.15, -0.1) is 0 Å². The number of aromatic amines is 1. The third-order valence-electron chi connectivity index (χ3n) is 3.74. The number of hydrogen-bond acceptors (Lipinski definition) is 0. The quantitative estimate of drug-likeness (QED) is 0.679. The maximum absolute atomic E-state index is 3.58. The van der Waals surface area contributed by atoms with Gasteiger partial charge < -0.3 is 0 Å². The van der Waals surface area contributed by atoms with Crippen molar-refractivity contribution in [2.24, 2.45) is 0 Å². The Morgan fingerprint density at radius 2 is 1.65 bits per heavy atom. The lowest BCUT2D eigenvalue weighted by Crippen LogP contribution is -2.37. The van der Waals surface area contributed by atoms with E-state index in [0.717, 1.165) is 25.8 Å². The first-order chi connectivity index (χ1) is 9.88. The van der Waals surface area contributed by atoms with Crippen LogP contribution in [-0.4, -0.2) is 4.98 Å². The second-order valence-electron chi connectivity index (χ2n) is 5.23. The van der Waals surface area contributed by atoms with Crippen molar-refractivity contribution < 1.29 is 4.57 Å². The van der Waals surface area contributed by atoms with E-state index in [1.165, 1.54) is 22.4 Å². The van der Waals surface area contributed by atoms with Crippen LogP contribution >= 0.6 is 0 Å². The Bertz CT molecular complexity index is 683. The molecule has 0 aliphatic carbocycles. The fourth-order valence-corrected chi connectivity index (χ4v) is 2.77. The Labute approximate surface area is 120 Å². The minimum absolute atomic E-state index is 1.05.